The lowest BCUT2D eigenvalue weighted by Crippen LogP contribution is -2.40. The molecular formula is C18H22N2O5S2. The summed E-state index contributed by atoms with van der Waals surface area (Å²) >= 11 is 1.34. The number of piperidine rings is 1. The van der Waals surface area contributed by atoms with E-state index >= 15 is 0 Å². The van der Waals surface area contributed by atoms with Crippen LogP contribution in [0.3, 0.4) is 0 Å². The average Bonchev–Trinajstić information content (AvgIpc) is 2.99. The van der Waals surface area contributed by atoms with Crippen molar-refractivity contribution in [2.75, 3.05) is 31.3 Å². The summed E-state index contributed by atoms with van der Waals surface area (Å²) in [6.45, 7) is 2.64. The molecule has 1 fully saturated rings. The van der Waals surface area contributed by atoms with Gasteiger partial charge in [0.2, 0.25) is 15.9 Å². The normalized spacial score (nSPS) is 16.4. The van der Waals surface area contributed by atoms with Gasteiger partial charge in [-0.05, 0) is 25.8 Å². The van der Waals surface area contributed by atoms with Gasteiger partial charge in [-0.3, -0.25) is 4.79 Å². The van der Waals surface area contributed by atoms with Gasteiger partial charge in [0.15, 0.2) is 0 Å². The predicted molar refractivity (Wildman–Crippen MR) is 106 cm³/mol. The Bertz CT molecular complexity index is 959. The Labute approximate surface area is 162 Å². The van der Waals surface area contributed by atoms with Crippen LogP contribution in [0.2, 0.25) is 0 Å². The molecule has 0 unspecified atom stereocenters. The lowest BCUT2D eigenvalue weighted by molar-refractivity contribution is -0.120. The molecule has 0 radical (unpaired) electrons. The number of nitrogens with one attached hydrogen (secondary N) is 1. The van der Waals surface area contributed by atoms with E-state index in [1.54, 1.807) is 6.92 Å². The van der Waals surface area contributed by atoms with Gasteiger partial charge in [0.1, 0.15) is 10.6 Å². The summed E-state index contributed by atoms with van der Waals surface area (Å²) in [4.78, 5) is 25.1. The third-order valence-corrected chi connectivity index (χ3v) is 6.99. The molecule has 1 aliphatic heterocycles. The lowest BCUT2D eigenvalue weighted by atomic mass is 9.97. The fraction of sp³-hybridized carbons (Fsp3) is 0.444. The Hall–Kier alpha value is -1.97. The molecule has 7 nitrogen and oxygen atoms in total. The summed E-state index contributed by atoms with van der Waals surface area (Å²) in [7, 11) is -3.23. The molecule has 9 heteroatoms. The number of carbonyl (C=O) groups excluding carboxylic acids is 2. The van der Waals surface area contributed by atoms with E-state index in [4.69, 9.17) is 4.74 Å². The molecule has 0 saturated carbocycles. The zero-order valence-electron chi connectivity index (χ0n) is 15.2. The molecule has 1 saturated heterocycles. The monoisotopic (exact) mass is 410 g/mol. The van der Waals surface area contributed by atoms with Gasteiger partial charge in [0.05, 0.1) is 12.9 Å². The van der Waals surface area contributed by atoms with Gasteiger partial charge in [-0.1, -0.05) is 18.2 Å². The van der Waals surface area contributed by atoms with E-state index < -0.39 is 16.0 Å². The van der Waals surface area contributed by atoms with Gasteiger partial charge in [-0.2, -0.15) is 0 Å². The number of sulfonamides is 1. The Morgan fingerprint density at radius 2 is 1.93 bits per heavy atom. The summed E-state index contributed by atoms with van der Waals surface area (Å²) in [5.74, 6) is -0.944. The number of rotatable bonds is 5. The smallest absolute Gasteiger partial charge is 0.341 e. The summed E-state index contributed by atoms with van der Waals surface area (Å²) in [6.07, 6.45) is 2.09. The minimum Gasteiger partial charge on any atom is -0.462 e. The minimum atomic E-state index is -3.23. The molecule has 3 rings (SSSR count). The number of anilines is 1. The standard InChI is InChI=1S/C18H22N2O5S2/c1-3-25-18(22)15-13-6-4-5-7-14(13)26-17(15)19-16(21)12-8-10-20(11-9-12)27(2,23)24/h4-7,12H,3,8-11H2,1-2H3,(H,19,21). The van der Waals surface area contributed by atoms with Crippen molar-refractivity contribution in [3.05, 3.63) is 29.8 Å². The van der Waals surface area contributed by atoms with Crippen molar-refractivity contribution in [2.24, 2.45) is 5.92 Å². The summed E-state index contributed by atoms with van der Waals surface area (Å²) in [5.41, 5.74) is 0.374. The molecule has 0 aliphatic carbocycles. The number of hydrogen-bond donors (Lipinski definition) is 1. The third-order valence-electron chi connectivity index (χ3n) is 4.61. The molecule has 0 bridgehead atoms. The zero-order valence-corrected chi connectivity index (χ0v) is 16.9. The highest BCUT2D eigenvalue weighted by molar-refractivity contribution is 7.88. The maximum Gasteiger partial charge on any atom is 0.341 e. The fourth-order valence-electron chi connectivity index (χ4n) is 3.20. The molecule has 146 valence electrons. The number of benzene rings is 1. The SMILES string of the molecule is CCOC(=O)c1c(NC(=O)C2CCN(S(C)(=O)=O)CC2)sc2ccccc12. The van der Waals surface area contributed by atoms with Crippen molar-refractivity contribution in [2.45, 2.75) is 19.8 Å². The Kier molecular flexibility index (Phi) is 5.83. The number of thiophene rings is 1. The molecule has 0 atom stereocenters. The van der Waals surface area contributed by atoms with Crippen LogP contribution in [0.25, 0.3) is 10.1 Å². The second-order valence-electron chi connectivity index (χ2n) is 6.45. The second kappa shape index (κ2) is 7.95. The quantitative estimate of drug-likeness (QED) is 0.765. The fourth-order valence-corrected chi connectivity index (χ4v) is 5.17. The molecule has 1 aliphatic rings. The van der Waals surface area contributed by atoms with Crippen LogP contribution in [-0.4, -0.2) is 50.6 Å². The highest BCUT2D eigenvalue weighted by Crippen LogP contribution is 2.36. The number of amides is 1. The van der Waals surface area contributed by atoms with Gasteiger partial charge < -0.3 is 10.1 Å². The summed E-state index contributed by atoms with van der Waals surface area (Å²) in [6, 6.07) is 7.44. The van der Waals surface area contributed by atoms with Gasteiger partial charge in [0, 0.05) is 29.1 Å². The Morgan fingerprint density at radius 3 is 2.56 bits per heavy atom. The molecular weight excluding hydrogens is 388 g/mol. The topological polar surface area (TPSA) is 92.8 Å². The number of nitrogens with zero attached hydrogens (tertiary/aromatic N) is 1. The van der Waals surface area contributed by atoms with Crippen molar-refractivity contribution in [1.29, 1.82) is 0 Å². The lowest BCUT2D eigenvalue weighted by Gasteiger charge is -2.29. The maximum absolute atomic E-state index is 12.7. The highest BCUT2D eigenvalue weighted by atomic mass is 32.2. The van der Waals surface area contributed by atoms with Crippen molar-refractivity contribution >= 4 is 48.3 Å². The first-order valence-corrected chi connectivity index (χ1v) is 11.4. The van der Waals surface area contributed by atoms with Gasteiger partial charge in [-0.15, -0.1) is 11.3 Å². The van der Waals surface area contributed by atoms with E-state index in [0.717, 1.165) is 10.1 Å². The van der Waals surface area contributed by atoms with Crippen molar-refractivity contribution in [1.82, 2.24) is 4.31 Å². The van der Waals surface area contributed by atoms with Crippen LogP contribution in [0, 0.1) is 5.92 Å². The van der Waals surface area contributed by atoms with Crippen LogP contribution in [0.5, 0.6) is 0 Å². The molecule has 2 aromatic rings. The first-order chi connectivity index (χ1) is 12.8. The van der Waals surface area contributed by atoms with E-state index in [9.17, 15) is 18.0 Å². The number of esters is 1. The average molecular weight is 411 g/mol. The Balaban J connectivity index is 1.79. The molecule has 0 spiro atoms. The first-order valence-electron chi connectivity index (χ1n) is 8.76. The molecule has 1 N–H and O–H groups in total. The largest absolute Gasteiger partial charge is 0.462 e. The second-order valence-corrected chi connectivity index (χ2v) is 9.48. The maximum atomic E-state index is 12.7. The van der Waals surface area contributed by atoms with Crippen LogP contribution in [0.15, 0.2) is 24.3 Å². The van der Waals surface area contributed by atoms with Crippen LogP contribution >= 0.6 is 11.3 Å². The number of carbonyl (C=O) groups is 2. The van der Waals surface area contributed by atoms with Gasteiger partial charge >= 0.3 is 5.97 Å². The molecule has 1 amide bonds. The molecule has 27 heavy (non-hydrogen) atoms. The van der Waals surface area contributed by atoms with E-state index in [2.05, 4.69) is 5.32 Å². The summed E-state index contributed by atoms with van der Waals surface area (Å²) < 4.78 is 30.7. The van der Waals surface area contributed by atoms with Crippen molar-refractivity contribution in [3.8, 4) is 0 Å². The molecule has 1 aromatic carbocycles. The van der Waals surface area contributed by atoms with E-state index in [0.29, 0.717) is 36.5 Å². The van der Waals surface area contributed by atoms with Crippen LogP contribution < -0.4 is 5.32 Å². The van der Waals surface area contributed by atoms with E-state index in [1.165, 1.54) is 21.9 Å². The minimum absolute atomic E-state index is 0.194. The number of ether oxygens (including phenoxy) is 1. The van der Waals surface area contributed by atoms with Crippen LogP contribution in [-0.2, 0) is 19.6 Å². The molecule has 2 heterocycles. The predicted octanol–water partition coefficient (Wildman–Crippen LogP) is 2.69. The van der Waals surface area contributed by atoms with Crippen LogP contribution in [0.1, 0.15) is 30.1 Å². The molecule has 1 aromatic heterocycles. The van der Waals surface area contributed by atoms with Gasteiger partial charge in [-0.25, -0.2) is 17.5 Å². The Morgan fingerprint density at radius 1 is 1.26 bits per heavy atom. The van der Waals surface area contributed by atoms with Crippen molar-refractivity contribution < 1.29 is 22.7 Å². The van der Waals surface area contributed by atoms with Crippen LogP contribution in [0.4, 0.5) is 5.00 Å². The number of fused-ring (bicyclic) bond motifs is 1. The zero-order chi connectivity index (χ0) is 19.6. The van der Waals surface area contributed by atoms with E-state index in [1.807, 2.05) is 24.3 Å². The highest BCUT2D eigenvalue weighted by Gasteiger charge is 2.30. The van der Waals surface area contributed by atoms with E-state index in [-0.39, 0.29) is 18.4 Å². The number of hydrogen-bond acceptors (Lipinski definition) is 6. The first kappa shape index (κ1) is 19.8. The van der Waals surface area contributed by atoms with Gasteiger partial charge in [0.25, 0.3) is 0 Å². The third kappa shape index (κ3) is 4.31. The summed E-state index contributed by atoms with van der Waals surface area (Å²) in [5, 5.41) is 4.10. The van der Waals surface area contributed by atoms with Crippen molar-refractivity contribution in [3.63, 3.8) is 0 Å².